The van der Waals surface area contributed by atoms with Gasteiger partial charge in [-0.05, 0) is 44.7 Å². The summed E-state index contributed by atoms with van der Waals surface area (Å²) in [6.45, 7) is 3.90. The first kappa shape index (κ1) is 15.4. The third-order valence-electron chi connectivity index (χ3n) is 4.91. The molecule has 0 spiro atoms. The van der Waals surface area contributed by atoms with Crippen LogP contribution in [0.4, 0.5) is 0 Å². The van der Waals surface area contributed by atoms with E-state index in [0.29, 0.717) is 23.5 Å². The topological polar surface area (TPSA) is 84.4 Å². The third kappa shape index (κ3) is 3.21. The van der Waals surface area contributed by atoms with Crippen LogP contribution in [0.5, 0.6) is 0 Å². The molecule has 2 aromatic heterocycles. The second-order valence-electron chi connectivity index (χ2n) is 6.70. The Labute approximate surface area is 140 Å². The Hall–Kier alpha value is -2.15. The Bertz CT molecular complexity index is 685. The number of amides is 1. The zero-order chi connectivity index (χ0) is 16.5. The van der Waals surface area contributed by atoms with Crippen LogP contribution in [0.3, 0.4) is 0 Å². The minimum atomic E-state index is 0.0568. The highest BCUT2D eigenvalue weighted by Crippen LogP contribution is 2.30. The first-order chi connectivity index (χ1) is 11.7. The van der Waals surface area contributed by atoms with E-state index in [0.717, 1.165) is 38.8 Å². The number of hydrogen-bond acceptors (Lipinski definition) is 6. The molecule has 1 atom stereocenters. The molecule has 1 aliphatic carbocycles. The molecule has 0 aromatic carbocycles. The molecule has 1 saturated carbocycles. The van der Waals surface area contributed by atoms with Crippen LogP contribution >= 0.6 is 0 Å². The van der Waals surface area contributed by atoms with Crippen molar-refractivity contribution in [2.24, 2.45) is 5.92 Å². The Morgan fingerprint density at radius 1 is 1.33 bits per heavy atom. The average Bonchev–Trinajstić information content (AvgIpc) is 3.11. The van der Waals surface area contributed by atoms with Gasteiger partial charge in [-0.15, -0.1) is 0 Å². The van der Waals surface area contributed by atoms with Gasteiger partial charge in [-0.3, -0.25) is 9.69 Å². The number of hydrogen-bond donors (Lipinski definition) is 1. The largest absolute Gasteiger partial charge is 0.461 e. The van der Waals surface area contributed by atoms with Gasteiger partial charge in [-0.25, -0.2) is 0 Å². The molecular weight excluding hydrogens is 308 g/mol. The number of carbonyl (C=O) groups excluding carboxylic acids is 1. The summed E-state index contributed by atoms with van der Waals surface area (Å²) in [5.41, 5.74) is 0. The lowest BCUT2D eigenvalue weighted by atomic mass is 10.0. The standard InChI is InChI=1S/C17H22N4O3/c1-11(17-19-15(20-24-17)14-3-2-10-23-14)21-8-6-13(7-9-21)18-16(22)12-4-5-12/h2-3,10-13H,4-9H2,1H3,(H,18,22)/t11-/m1/s1. The van der Waals surface area contributed by atoms with Gasteiger partial charge in [-0.1, -0.05) is 5.16 Å². The molecule has 0 bridgehead atoms. The Kier molecular flexibility index (Phi) is 4.10. The van der Waals surface area contributed by atoms with Crippen molar-refractivity contribution in [3.8, 4) is 11.6 Å². The fraction of sp³-hybridized carbons (Fsp3) is 0.588. The summed E-state index contributed by atoms with van der Waals surface area (Å²) < 4.78 is 10.7. The molecule has 2 aromatic rings. The van der Waals surface area contributed by atoms with Crippen LogP contribution in [-0.4, -0.2) is 40.1 Å². The molecule has 3 heterocycles. The third-order valence-corrected chi connectivity index (χ3v) is 4.91. The van der Waals surface area contributed by atoms with Crippen LogP contribution in [0.25, 0.3) is 11.6 Å². The number of nitrogens with one attached hydrogen (secondary N) is 1. The minimum absolute atomic E-state index is 0.0568. The first-order valence-corrected chi connectivity index (χ1v) is 8.62. The predicted molar refractivity (Wildman–Crippen MR) is 85.9 cm³/mol. The smallest absolute Gasteiger partial charge is 0.244 e. The van der Waals surface area contributed by atoms with Crippen molar-refractivity contribution in [3.63, 3.8) is 0 Å². The van der Waals surface area contributed by atoms with E-state index in [1.54, 1.807) is 12.3 Å². The van der Waals surface area contributed by atoms with Gasteiger partial charge in [-0.2, -0.15) is 4.98 Å². The van der Waals surface area contributed by atoms with Gasteiger partial charge in [0.1, 0.15) is 0 Å². The maximum Gasteiger partial charge on any atom is 0.244 e. The average molecular weight is 330 g/mol. The summed E-state index contributed by atoms with van der Waals surface area (Å²) in [7, 11) is 0. The lowest BCUT2D eigenvalue weighted by molar-refractivity contribution is -0.123. The first-order valence-electron chi connectivity index (χ1n) is 8.62. The van der Waals surface area contributed by atoms with Gasteiger partial charge in [0, 0.05) is 25.0 Å². The van der Waals surface area contributed by atoms with E-state index in [-0.39, 0.29) is 17.9 Å². The van der Waals surface area contributed by atoms with Gasteiger partial charge in [0.2, 0.25) is 17.6 Å². The van der Waals surface area contributed by atoms with E-state index in [2.05, 4.69) is 27.3 Å². The lowest BCUT2D eigenvalue weighted by Crippen LogP contribution is -2.45. The van der Waals surface area contributed by atoms with Crippen molar-refractivity contribution in [2.75, 3.05) is 13.1 Å². The maximum absolute atomic E-state index is 11.9. The highest BCUT2D eigenvalue weighted by Gasteiger charge is 2.33. The van der Waals surface area contributed by atoms with E-state index in [4.69, 9.17) is 8.94 Å². The van der Waals surface area contributed by atoms with Crippen molar-refractivity contribution < 1.29 is 13.7 Å². The monoisotopic (exact) mass is 330 g/mol. The van der Waals surface area contributed by atoms with Crippen molar-refractivity contribution >= 4 is 5.91 Å². The zero-order valence-electron chi connectivity index (χ0n) is 13.8. The number of carbonyl (C=O) groups is 1. The summed E-state index contributed by atoms with van der Waals surface area (Å²) >= 11 is 0. The lowest BCUT2D eigenvalue weighted by Gasteiger charge is -2.34. The number of rotatable bonds is 5. The van der Waals surface area contributed by atoms with Crippen LogP contribution in [0, 0.1) is 5.92 Å². The second kappa shape index (κ2) is 6.39. The van der Waals surface area contributed by atoms with Gasteiger partial charge in [0.15, 0.2) is 5.76 Å². The number of furan rings is 1. The molecule has 4 rings (SSSR count). The summed E-state index contributed by atoms with van der Waals surface area (Å²) in [5.74, 6) is 2.20. The molecule has 7 heteroatoms. The summed E-state index contributed by atoms with van der Waals surface area (Å²) in [5, 5.41) is 7.16. The van der Waals surface area contributed by atoms with Gasteiger partial charge < -0.3 is 14.3 Å². The quantitative estimate of drug-likeness (QED) is 0.906. The van der Waals surface area contributed by atoms with Crippen LogP contribution < -0.4 is 5.32 Å². The van der Waals surface area contributed by atoms with E-state index < -0.39 is 0 Å². The molecular formula is C17H22N4O3. The molecule has 128 valence electrons. The highest BCUT2D eigenvalue weighted by molar-refractivity contribution is 5.81. The van der Waals surface area contributed by atoms with Crippen molar-refractivity contribution in [2.45, 2.75) is 44.7 Å². The van der Waals surface area contributed by atoms with Crippen LogP contribution in [0.2, 0.25) is 0 Å². The SMILES string of the molecule is C[C@H](c1nc(-c2ccco2)no1)N1CCC(NC(=O)C2CC2)CC1. The molecule has 0 radical (unpaired) electrons. The number of piperidine rings is 1. The number of likely N-dealkylation sites (tertiary alicyclic amines) is 1. The Morgan fingerprint density at radius 2 is 2.12 bits per heavy atom. The minimum Gasteiger partial charge on any atom is -0.461 e. The van der Waals surface area contributed by atoms with Gasteiger partial charge in [0.25, 0.3) is 0 Å². The van der Waals surface area contributed by atoms with Crippen molar-refractivity contribution in [3.05, 3.63) is 24.3 Å². The summed E-state index contributed by atoms with van der Waals surface area (Å²) in [6, 6.07) is 3.97. The molecule has 2 fully saturated rings. The van der Waals surface area contributed by atoms with Crippen molar-refractivity contribution in [1.82, 2.24) is 20.4 Å². The molecule has 1 amide bonds. The molecule has 1 N–H and O–H groups in total. The number of nitrogens with zero attached hydrogens (tertiary/aromatic N) is 3. The molecule has 1 saturated heterocycles. The highest BCUT2D eigenvalue weighted by atomic mass is 16.5. The zero-order valence-corrected chi connectivity index (χ0v) is 13.8. The predicted octanol–water partition coefficient (Wildman–Crippen LogP) is 2.38. The Morgan fingerprint density at radius 3 is 2.79 bits per heavy atom. The fourth-order valence-electron chi connectivity index (χ4n) is 3.16. The molecule has 0 unspecified atom stereocenters. The van der Waals surface area contributed by atoms with Crippen LogP contribution in [0.1, 0.15) is 44.5 Å². The summed E-state index contributed by atoms with van der Waals surface area (Å²) in [4.78, 5) is 18.6. The molecule has 7 nitrogen and oxygen atoms in total. The fourth-order valence-corrected chi connectivity index (χ4v) is 3.16. The van der Waals surface area contributed by atoms with Crippen molar-refractivity contribution in [1.29, 1.82) is 0 Å². The van der Waals surface area contributed by atoms with E-state index in [9.17, 15) is 4.79 Å². The maximum atomic E-state index is 11.9. The second-order valence-corrected chi connectivity index (χ2v) is 6.70. The number of aromatic nitrogens is 2. The molecule has 2 aliphatic rings. The Balaban J connectivity index is 1.32. The normalized spacial score (nSPS) is 20.9. The van der Waals surface area contributed by atoms with E-state index in [1.165, 1.54) is 0 Å². The van der Waals surface area contributed by atoms with E-state index in [1.807, 2.05) is 6.07 Å². The summed E-state index contributed by atoms with van der Waals surface area (Å²) in [6.07, 6.45) is 5.62. The molecule has 1 aliphatic heterocycles. The van der Waals surface area contributed by atoms with Crippen LogP contribution in [0.15, 0.2) is 27.3 Å². The molecule has 24 heavy (non-hydrogen) atoms. The van der Waals surface area contributed by atoms with Gasteiger partial charge in [0.05, 0.1) is 12.3 Å². The van der Waals surface area contributed by atoms with E-state index >= 15 is 0 Å². The van der Waals surface area contributed by atoms with Gasteiger partial charge >= 0.3 is 0 Å². The van der Waals surface area contributed by atoms with Crippen LogP contribution in [-0.2, 0) is 4.79 Å².